The molecule has 1 saturated heterocycles. The molecule has 1 aliphatic rings. The number of aliphatic hydroxyl groups excluding tert-OH is 1. The van der Waals surface area contributed by atoms with E-state index in [1.165, 1.54) is 5.57 Å². The second-order valence-corrected chi connectivity index (χ2v) is 6.02. The fourth-order valence-electron chi connectivity index (χ4n) is 2.53. The minimum atomic E-state index is -0.588. The van der Waals surface area contributed by atoms with Crippen molar-refractivity contribution >= 4 is 11.8 Å². The van der Waals surface area contributed by atoms with Crippen molar-refractivity contribution in [1.29, 1.82) is 0 Å². The van der Waals surface area contributed by atoms with Crippen molar-refractivity contribution < 1.29 is 19.4 Å². The molecule has 3 N–H and O–H groups in total. The van der Waals surface area contributed by atoms with Crippen LogP contribution in [-0.4, -0.2) is 54.7 Å². The van der Waals surface area contributed by atoms with Gasteiger partial charge in [0.2, 0.25) is 11.8 Å². The molecule has 0 aromatic rings. The van der Waals surface area contributed by atoms with Gasteiger partial charge in [-0.25, -0.2) is 0 Å². The van der Waals surface area contributed by atoms with E-state index in [1.807, 2.05) is 13.8 Å². The molecule has 6 heteroatoms. The maximum absolute atomic E-state index is 12.1. The third-order valence-electron chi connectivity index (χ3n) is 3.76. The number of hydrogen-bond acceptors (Lipinski definition) is 4. The van der Waals surface area contributed by atoms with Crippen molar-refractivity contribution in [2.75, 3.05) is 32.9 Å². The molecule has 1 heterocycles. The lowest BCUT2D eigenvalue weighted by Gasteiger charge is -2.41. The molecular formula is C15H26N2O4. The highest BCUT2D eigenvalue weighted by Crippen LogP contribution is 2.34. The van der Waals surface area contributed by atoms with Gasteiger partial charge >= 0.3 is 0 Å². The zero-order valence-corrected chi connectivity index (χ0v) is 12.9. The van der Waals surface area contributed by atoms with Crippen molar-refractivity contribution in [1.82, 2.24) is 4.90 Å². The number of rotatable bonds is 7. The topological polar surface area (TPSA) is 92.9 Å². The number of carbonyl (C=O) groups excluding carboxylic acids is 2. The van der Waals surface area contributed by atoms with E-state index in [2.05, 4.69) is 6.08 Å². The third kappa shape index (κ3) is 5.85. The Morgan fingerprint density at radius 2 is 2.10 bits per heavy atom. The van der Waals surface area contributed by atoms with Gasteiger partial charge in [0.1, 0.15) is 13.2 Å². The first-order valence-corrected chi connectivity index (χ1v) is 7.26. The fourth-order valence-corrected chi connectivity index (χ4v) is 2.53. The van der Waals surface area contributed by atoms with Crippen molar-refractivity contribution in [3.8, 4) is 0 Å². The summed E-state index contributed by atoms with van der Waals surface area (Å²) in [6.45, 7) is 4.89. The van der Waals surface area contributed by atoms with Crippen LogP contribution in [0, 0.1) is 5.41 Å². The number of nitrogens with zero attached hydrogens (tertiary/aromatic N) is 1. The van der Waals surface area contributed by atoms with Gasteiger partial charge in [-0.1, -0.05) is 11.6 Å². The van der Waals surface area contributed by atoms with Gasteiger partial charge in [0.15, 0.2) is 0 Å². The highest BCUT2D eigenvalue weighted by Gasteiger charge is 2.35. The number of piperidine rings is 1. The van der Waals surface area contributed by atoms with Gasteiger partial charge in [-0.05, 0) is 33.1 Å². The van der Waals surface area contributed by atoms with Crippen molar-refractivity contribution in [3.63, 3.8) is 0 Å². The van der Waals surface area contributed by atoms with E-state index in [-0.39, 0.29) is 31.1 Å². The number of aliphatic hydroxyl groups is 1. The van der Waals surface area contributed by atoms with Gasteiger partial charge in [-0.15, -0.1) is 0 Å². The molecule has 0 radical (unpaired) electrons. The summed E-state index contributed by atoms with van der Waals surface area (Å²) < 4.78 is 4.97. The molecule has 0 aliphatic carbocycles. The molecular weight excluding hydrogens is 272 g/mol. The first kappa shape index (κ1) is 17.7. The van der Waals surface area contributed by atoms with Crippen molar-refractivity contribution in [2.45, 2.75) is 33.1 Å². The molecule has 21 heavy (non-hydrogen) atoms. The second kappa shape index (κ2) is 8.14. The Kier molecular flexibility index (Phi) is 6.84. The van der Waals surface area contributed by atoms with Crippen LogP contribution >= 0.6 is 0 Å². The van der Waals surface area contributed by atoms with Crippen LogP contribution in [0.2, 0.25) is 0 Å². The van der Waals surface area contributed by atoms with E-state index in [1.54, 1.807) is 4.90 Å². The molecule has 1 fully saturated rings. The van der Waals surface area contributed by atoms with Crippen LogP contribution < -0.4 is 5.73 Å². The maximum atomic E-state index is 12.1. The molecule has 1 rings (SSSR count). The van der Waals surface area contributed by atoms with Gasteiger partial charge in [0.05, 0.1) is 6.61 Å². The number of likely N-dealkylation sites (tertiary alicyclic amines) is 1. The second-order valence-electron chi connectivity index (χ2n) is 6.02. The summed E-state index contributed by atoms with van der Waals surface area (Å²) in [6, 6.07) is 0. The fraction of sp³-hybridized carbons (Fsp3) is 0.733. The first-order valence-electron chi connectivity index (χ1n) is 7.26. The monoisotopic (exact) mass is 298 g/mol. The van der Waals surface area contributed by atoms with Crippen LogP contribution in [0.3, 0.4) is 0 Å². The third-order valence-corrected chi connectivity index (χ3v) is 3.76. The summed E-state index contributed by atoms with van der Waals surface area (Å²) in [6.07, 6.45) is 4.63. The van der Waals surface area contributed by atoms with Crippen molar-refractivity contribution in [3.05, 3.63) is 11.6 Å². The quantitative estimate of drug-likeness (QED) is 0.667. The highest BCUT2D eigenvalue weighted by molar-refractivity contribution is 5.79. The average molecular weight is 298 g/mol. The molecule has 120 valence electrons. The van der Waals surface area contributed by atoms with Gasteiger partial charge in [0, 0.05) is 18.5 Å². The summed E-state index contributed by atoms with van der Waals surface area (Å²) in [7, 11) is 0. The summed E-state index contributed by atoms with van der Waals surface area (Å²) >= 11 is 0. The van der Waals surface area contributed by atoms with E-state index in [0.29, 0.717) is 13.1 Å². The highest BCUT2D eigenvalue weighted by atomic mass is 16.5. The summed E-state index contributed by atoms with van der Waals surface area (Å²) in [4.78, 5) is 24.4. The van der Waals surface area contributed by atoms with Crippen LogP contribution in [0.25, 0.3) is 0 Å². The lowest BCUT2D eigenvalue weighted by atomic mass is 9.77. The molecule has 0 aromatic carbocycles. The summed E-state index contributed by atoms with van der Waals surface area (Å²) in [5.41, 5.74) is 5.90. The Bertz CT molecular complexity index is 404. The number of amides is 2. The van der Waals surface area contributed by atoms with Gasteiger partial charge in [-0.3, -0.25) is 9.59 Å². The minimum Gasteiger partial charge on any atom is -0.396 e. The van der Waals surface area contributed by atoms with Crippen LogP contribution in [0.5, 0.6) is 0 Å². The molecule has 2 amide bonds. The first-order chi connectivity index (χ1) is 9.88. The van der Waals surface area contributed by atoms with Gasteiger partial charge < -0.3 is 20.5 Å². The molecule has 0 saturated carbocycles. The molecule has 0 bridgehead atoms. The SMILES string of the molecule is CC(C)=CC[C@]1(CO)CCCN(C(=O)COCC(N)=O)C1. The van der Waals surface area contributed by atoms with E-state index in [0.717, 1.165) is 19.3 Å². The number of nitrogens with two attached hydrogens (primary N) is 1. The largest absolute Gasteiger partial charge is 0.396 e. The zero-order chi connectivity index (χ0) is 15.9. The molecule has 0 aromatic heterocycles. The molecule has 1 atom stereocenters. The van der Waals surface area contributed by atoms with E-state index in [9.17, 15) is 14.7 Å². The summed E-state index contributed by atoms with van der Waals surface area (Å²) in [5.74, 6) is -0.749. The van der Waals surface area contributed by atoms with E-state index >= 15 is 0 Å². The minimum absolute atomic E-state index is 0.0582. The van der Waals surface area contributed by atoms with E-state index < -0.39 is 5.91 Å². The molecule has 0 unspecified atom stereocenters. The van der Waals surface area contributed by atoms with Gasteiger partial charge in [0.25, 0.3) is 0 Å². The van der Waals surface area contributed by atoms with Crippen LogP contribution in [0.15, 0.2) is 11.6 Å². The molecule has 1 aliphatic heterocycles. The maximum Gasteiger partial charge on any atom is 0.248 e. The van der Waals surface area contributed by atoms with E-state index in [4.69, 9.17) is 10.5 Å². The standard InChI is InChI=1S/C15H26N2O4/c1-12(2)4-6-15(11-18)5-3-7-17(10-15)14(20)9-21-8-13(16)19/h4,18H,3,5-11H2,1-2H3,(H2,16,19)/t15-/m1/s1. The Morgan fingerprint density at radius 3 is 2.67 bits per heavy atom. The summed E-state index contributed by atoms with van der Waals surface area (Å²) in [5, 5.41) is 9.74. The Morgan fingerprint density at radius 1 is 1.38 bits per heavy atom. The molecule has 0 spiro atoms. The Hall–Kier alpha value is -1.40. The number of carbonyl (C=O) groups is 2. The molecule has 6 nitrogen and oxygen atoms in total. The Balaban J connectivity index is 2.58. The van der Waals surface area contributed by atoms with Crippen LogP contribution in [0.4, 0.5) is 0 Å². The predicted molar refractivity (Wildman–Crippen MR) is 79.4 cm³/mol. The van der Waals surface area contributed by atoms with Gasteiger partial charge in [-0.2, -0.15) is 0 Å². The lowest BCUT2D eigenvalue weighted by molar-refractivity contribution is -0.141. The number of hydrogen-bond donors (Lipinski definition) is 2. The predicted octanol–water partition coefficient (Wildman–Crippen LogP) is 0.446. The number of primary amides is 1. The normalized spacial score (nSPS) is 22.0. The number of ether oxygens (including phenoxy) is 1. The van der Waals surface area contributed by atoms with Crippen LogP contribution in [0.1, 0.15) is 33.1 Å². The number of allylic oxidation sites excluding steroid dienone is 2. The Labute approximate surface area is 125 Å². The lowest BCUT2D eigenvalue weighted by Crippen LogP contribution is -2.49. The average Bonchev–Trinajstić information content (AvgIpc) is 2.45. The van der Waals surface area contributed by atoms with Crippen LogP contribution in [-0.2, 0) is 14.3 Å². The van der Waals surface area contributed by atoms with Crippen molar-refractivity contribution in [2.24, 2.45) is 11.1 Å². The zero-order valence-electron chi connectivity index (χ0n) is 12.9. The smallest absolute Gasteiger partial charge is 0.248 e.